The fraction of sp³-hybridized carbons (Fsp3) is 0.0870. The highest BCUT2D eigenvalue weighted by molar-refractivity contribution is 6.30. The molecule has 1 N–H and O–H groups in total. The van der Waals surface area contributed by atoms with Crippen LogP contribution in [0.25, 0.3) is 17.1 Å². The van der Waals surface area contributed by atoms with Crippen molar-refractivity contribution in [3.8, 4) is 17.1 Å². The normalized spacial score (nSPS) is 10.8. The second kappa shape index (κ2) is 8.08. The predicted octanol–water partition coefficient (Wildman–Crippen LogP) is 5.60. The molecule has 0 saturated carbocycles. The van der Waals surface area contributed by atoms with Gasteiger partial charge in [-0.1, -0.05) is 29.8 Å². The van der Waals surface area contributed by atoms with Crippen molar-refractivity contribution < 1.29 is 9.18 Å². The molecule has 0 aliphatic rings. The molecule has 1 aromatic heterocycles. The maximum Gasteiger partial charge on any atom is 0.295 e. The summed E-state index contributed by atoms with van der Waals surface area (Å²) in [6.07, 6.45) is 0. The second-order valence-electron chi connectivity index (χ2n) is 6.86. The SMILES string of the molecule is Cc1cccc(-n2nc(C(=O)Nc3cccc(F)c3)nc2-c2ccc(Cl)cc2)c1C. The van der Waals surface area contributed by atoms with Crippen molar-refractivity contribution in [1.29, 1.82) is 0 Å². The van der Waals surface area contributed by atoms with Crippen molar-refractivity contribution in [3.63, 3.8) is 0 Å². The zero-order valence-electron chi connectivity index (χ0n) is 16.4. The molecule has 3 aromatic carbocycles. The first-order chi connectivity index (χ1) is 14.4. The van der Waals surface area contributed by atoms with Gasteiger partial charge in [-0.3, -0.25) is 4.79 Å². The van der Waals surface area contributed by atoms with E-state index in [4.69, 9.17) is 11.6 Å². The van der Waals surface area contributed by atoms with Crippen molar-refractivity contribution in [2.45, 2.75) is 13.8 Å². The van der Waals surface area contributed by atoms with E-state index in [-0.39, 0.29) is 5.82 Å². The summed E-state index contributed by atoms with van der Waals surface area (Å²) in [6.45, 7) is 4.00. The fourth-order valence-electron chi connectivity index (χ4n) is 3.08. The summed E-state index contributed by atoms with van der Waals surface area (Å²) >= 11 is 6.02. The van der Waals surface area contributed by atoms with Crippen LogP contribution in [0.3, 0.4) is 0 Å². The Bertz CT molecular complexity index is 1230. The van der Waals surface area contributed by atoms with Crippen molar-refractivity contribution >= 4 is 23.2 Å². The number of halogens is 2. The molecule has 0 aliphatic carbocycles. The molecule has 1 heterocycles. The molecule has 0 unspecified atom stereocenters. The molecule has 4 rings (SSSR count). The standard InChI is InChI=1S/C23H18ClFN4O/c1-14-5-3-8-20(15(14)2)29-22(16-9-11-17(24)12-10-16)27-21(28-29)23(30)26-19-7-4-6-18(25)13-19/h3-13H,1-2H3,(H,26,30). The summed E-state index contributed by atoms with van der Waals surface area (Å²) in [5.74, 6) is -0.488. The van der Waals surface area contributed by atoms with Gasteiger partial charge in [-0.05, 0) is 73.5 Å². The molecular weight excluding hydrogens is 403 g/mol. The Morgan fingerprint density at radius 3 is 2.50 bits per heavy atom. The van der Waals surface area contributed by atoms with E-state index in [1.165, 1.54) is 18.2 Å². The zero-order chi connectivity index (χ0) is 21.3. The fourth-order valence-corrected chi connectivity index (χ4v) is 3.21. The lowest BCUT2D eigenvalue weighted by molar-refractivity contribution is 0.101. The molecular formula is C23H18ClFN4O. The highest BCUT2D eigenvalue weighted by Gasteiger charge is 2.20. The number of amides is 1. The van der Waals surface area contributed by atoms with Gasteiger partial charge in [0.1, 0.15) is 5.82 Å². The molecule has 4 aromatic rings. The van der Waals surface area contributed by atoms with E-state index >= 15 is 0 Å². The lowest BCUT2D eigenvalue weighted by atomic mass is 10.1. The minimum absolute atomic E-state index is 0.0230. The summed E-state index contributed by atoms with van der Waals surface area (Å²) in [5, 5.41) is 7.70. The third-order valence-electron chi connectivity index (χ3n) is 4.80. The van der Waals surface area contributed by atoms with Gasteiger partial charge in [0.2, 0.25) is 5.82 Å². The zero-order valence-corrected chi connectivity index (χ0v) is 17.1. The van der Waals surface area contributed by atoms with Crippen LogP contribution < -0.4 is 5.32 Å². The van der Waals surface area contributed by atoms with Gasteiger partial charge in [0.25, 0.3) is 5.91 Å². The molecule has 30 heavy (non-hydrogen) atoms. The van der Waals surface area contributed by atoms with Crippen LogP contribution in [0.1, 0.15) is 21.7 Å². The summed E-state index contributed by atoms with van der Waals surface area (Å²) < 4.78 is 15.1. The Labute approximate surface area is 178 Å². The first-order valence-electron chi connectivity index (χ1n) is 9.29. The van der Waals surface area contributed by atoms with Crippen LogP contribution in [0.2, 0.25) is 5.02 Å². The smallest absolute Gasteiger partial charge is 0.295 e. The number of aryl methyl sites for hydroxylation is 1. The third-order valence-corrected chi connectivity index (χ3v) is 5.05. The van der Waals surface area contributed by atoms with Crippen LogP contribution in [0.5, 0.6) is 0 Å². The topological polar surface area (TPSA) is 59.8 Å². The molecule has 7 heteroatoms. The van der Waals surface area contributed by atoms with Crippen LogP contribution in [0.15, 0.2) is 66.7 Å². The Kier molecular flexibility index (Phi) is 5.33. The Hall–Kier alpha value is -3.51. The lowest BCUT2D eigenvalue weighted by Crippen LogP contribution is -2.14. The summed E-state index contributed by atoms with van der Waals surface area (Å²) in [7, 11) is 0. The van der Waals surface area contributed by atoms with Gasteiger partial charge < -0.3 is 5.32 Å². The number of hydrogen-bond acceptors (Lipinski definition) is 3. The van der Waals surface area contributed by atoms with Crippen molar-refractivity contribution in [3.05, 3.63) is 94.5 Å². The molecule has 5 nitrogen and oxygen atoms in total. The number of nitrogens with one attached hydrogen (secondary N) is 1. The minimum Gasteiger partial charge on any atom is -0.319 e. The maximum atomic E-state index is 13.4. The lowest BCUT2D eigenvalue weighted by Gasteiger charge is -2.11. The van der Waals surface area contributed by atoms with Crippen LogP contribution in [-0.2, 0) is 0 Å². The molecule has 150 valence electrons. The van der Waals surface area contributed by atoms with Gasteiger partial charge in [0.15, 0.2) is 5.82 Å². The molecule has 0 saturated heterocycles. The number of aromatic nitrogens is 3. The highest BCUT2D eigenvalue weighted by Crippen LogP contribution is 2.26. The number of hydrogen-bond donors (Lipinski definition) is 1. The van der Waals surface area contributed by atoms with Crippen molar-refractivity contribution in [2.75, 3.05) is 5.32 Å². The van der Waals surface area contributed by atoms with Gasteiger partial charge in [0.05, 0.1) is 5.69 Å². The number of carbonyl (C=O) groups excluding carboxylic acids is 1. The van der Waals surface area contributed by atoms with Crippen LogP contribution in [-0.4, -0.2) is 20.7 Å². The average Bonchev–Trinajstić information content (AvgIpc) is 3.16. The largest absolute Gasteiger partial charge is 0.319 e. The van der Waals surface area contributed by atoms with E-state index in [0.29, 0.717) is 16.5 Å². The molecule has 0 bridgehead atoms. The highest BCUT2D eigenvalue weighted by atomic mass is 35.5. The van der Waals surface area contributed by atoms with Crippen molar-refractivity contribution in [2.24, 2.45) is 0 Å². The number of rotatable bonds is 4. The van der Waals surface area contributed by atoms with Gasteiger partial charge in [0, 0.05) is 16.3 Å². The Balaban J connectivity index is 1.80. The van der Waals surface area contributed by atoms with Gasteiger partial charge in [-0.25, -0.2) is 14.1 Å². The van der Waals surface area contributed by atoms with E-state index in [0.717, 1.165) is 22.4 Å². The van der Waals surface area contributed by atoms with E-state index in [1.807, 2.05) is 44.2 Å². The van der Waals surface area contributed by atoms with Crippen molar-refractivity contribution in [1.82, 2.24) is 14.8 Å². The summed E-state index contributed by atoms with van der Waals surface area (Å²) in [4.78, 5) is 17.2. The first kappa shape index (κ1) is 19.8. The van der Waals surface area contributed by atoms with E-state index in [9.17, 15) is 9.18 Å². The quantitative estimate of drug-likeness (QED) is 0.467. The monoisotopic (exact) mass is 420 g/mol. The Morgan fingerprint density at radius 1 is 1.03 bits per heavy atom. The number of nitrogens with zero attached hydrogens (tertiary/aromatic N) is 3. The molecule has 0 aliphatic heterocycles. The van der Waals surface area contributed by atoms with Crippen LogP contribution in [0.4, 0.5) is 10.1 Å². The van der Waals surface area contributed by atoms with Crippen LogP contribution in [0, 0.1) is 19.7 Å². The minimum atomic E-state index is -0.528. The molecule has 0 fully saturated rings. The first-order valence-corrected chi connectivity index (χ1v) is 9.66. The predicted molar refractivity (Wildman–Crippen MR) is 116 cm³/mol. The van der Waals surface area contributed by atoms with Crippen LogP contribution >= 0.6 is 11.6 Å². The molecule has 0 radical (unpaired) electrons. The van der Waals surface area contributed by atoms with E-state index in [1.54, 1.807) is 22.9 Å². The van der Waals surface area contributed by atoms with Gasteiger partial charge in [-0.15, -0.1) is 5.10 Å². The number of anilines is 1. The molecule has 0 spiro atoms. The molecule has 1 amide bonds. The number of benzene rings is 3. The number of carbonyl (C=O) groups is 1. The Morgan fingerprint density at radius 2 is 1.77 bits per heavy atom. The molecule has 0 atom stereocenters. The van der Waals surface area contributed by atoms with E-state index in [2.05, 4.69) is 15.4 Å². The third kappa shape index (κ3) is 3.95. The average molecular weight is 421 g/mol. The van der Waals surface area contributed by atoms with Gasteiger partial charge in [-0.2, -0.15) is 0 Å². The van der Waals surface area contributed by atoms with E-state index < -0.39 is 11.7 Å². The van der Waals surface area contributed by atoms with Gasteiger partial charge >= 0.3 is 0 Å². The summed E-state index contributed by atoms with van der Waals surface area (Å²) in [5.41, 5.74) is 4.02. The summed E-state index contributed by atoms with van der Waals surface area (Å²) in [6, 6.07) is 18.7. The second-order valence-corrected chi connectivity index (χ2v) is 7.30. The maximum absolute atomic E-state index is 13.4.